The number of ether oxygens (including phenoxy) is 2. The summed E-state index contributed by atoms with van der Waals surface area (Å²) in [6.07, 6.45) is 0.471. The maximum atomic E-state index is 9.67. The second-order valence-corrected chi connectivity index (χ2v) is 3.59. The first-order chi connectivity index (χ1) is 5.96. The molecule has 3 nitrogen and oxygen atoms in total. The number of aliphatic hydroxyl groups is 1. The van der Waals surface area contributed by atoms with E-state index in [1.165, 1.54) is 6.08 Å². The Morgan fingerprint density at radius 3 is 2.69 bits per heavy atom. The van der Waals surface area contributed by atoms with E-state index in [2.05, 4.69) is 13.2 Å². The SMILES string of the molecule is C=CC(=C)C(O)[C@H]1COC(C)(C)O1. The third-order valence-electron chi connectivity index (χ3n) is 2.02. The van der Waals surface area contributed by atoms with E-state index in [0.29, 0.717) is 12.2 Å². The molecule has 2 atom stereocenters. The van der Waals surface area contributed by atoms with Gasteiger partial charge in [-0.15, -0.1) is 0 Å². The minimum Gasteiger partial charge on any atom is -0.386 e. The summed E-state index contributed by atoms with van der Waals surface area (Å²) in [7, 11) is 0. The van der Waals surface area contributed by atoms with Crippen LogP contribution in [0.3, 0.4) is 0 Å². The molecular weight excluding hydrogens is 168 g/mol. The van der Waals surface area contributed by atoms with Gasteiger partial charge in [-0.05, 0) is 19.4 Å². The maximum Gasteiger partial charge on any atom is 0.163 e. The molecule has 3 heteroatoms. The maximum absolute atomic E-state index is 9.67. The molecule has 1 heterocycles. The van der Waals surface area contributed by atoms with E-state index < -0.39 is 11.9 Å². The van der Waals surface area contributed by atoms with Gasteiger partial charge in [0, 0.05) is 0 Å². The molecule has 1 aliphatic rings. The van der Waals surface area contributed by atoms with E-state index in [0.717, 1.165) is 0 Å². The van der Waals surface area contributed by atoms with Crippen molar-refractivity contribution in [2.24, 2.45) is 0 Å². The Balaban J connectivity index is 2.56. The van der Waals surface area contributed by atoms with Crippen molar-refractivity contribution in [1.29, 1.82) is 0 Å². The standard InChI is InChI=1S/C10H16O3/c1-5-7(2)9(11)8-6-12-10(3,4)13-8/h5,8-9,11H,1-2,6H2,3-4H3/t8-,9?/m1/s1. The molecule has 1 fully saturated rings. The molecule has 0 spiro atoms. The summed E-state index contributed by atoms with van der Waals surface area (Å²) in [5, 5.41) is 9.67. The van der Waals surface area contributed by atoms with Gasteiger partial charge in [0.15, 0.2) is 5.79 Å². The summed E-state index contributed by atoms with van der Waals surface area (Å²) < 4.78 is 10.8. The molecule has 74 valence electrons. The molecule has 0 bridgehead atoms. The highest BCUT2D eigenvalue weighted by Gasteiger charge is 2.37. The fourth-order valence-electron chi connectivity index (χ4n) is 1.23. The van der Waals surface area contributed by atoms with Crippen molar-refractivity contribution < 1.29 is 14.6 Å². The van der Waals surface area contributed by atoms with Crippen LogP contribution in [0.4, 0.5) is 0 Å². The number of hydrogen-bond donors (Lipinski definition) is 1. The van der Waals surface area contributed by atoms with Crippen LogP contribution in [-0.2, 0) is 9.47 Å². The van der Waals surface area contributed by atoms with Gasteiger partial charge in [-0.3, -0.25) is 0 Å². The molecule has 0 amide bonds. The van der Waals surface area contributed by atoms with Crippen LogP contribution in [0.5, 0.6) is 0 Å². The monoisotopic (exact) mass is 184 g/mol. The molecule has 1 aliphatic heterocycles. The van der Waals surface area contributed by atoms with E-state index in [1.54, 1.807) is 0 Å². The van der Waals surface area contributed by atoms with Gasteiger partial charge in [0.2, 0.25) is 0 Å². The smallest absolute Gasteiger partial charge is 0.163 e. The zero-order valence-electron chi connectivity index (χ0n) is 8.12. The summed E-state index contributed by atoms with van der Waals surface area (Å²) in [6, 6.07) is 0. The van der Waals surface area contributed by atoms with E-state index in [-0.39, 0.29) is 6.10 Å². The Bertz CT molecular complexity index is 220. The topological polar surface area (TPSA) is 38.7 Å². The van der Waals surface area contributed by atoms with Crippen LogP contribution in [0, 0.1) is 0 Å². The van der Waals surface area contributed by atoms with Gasteiger partial charge in [-0.2, -0.15) is 0 Å². The molecule has 0 radical (unpaired) electrons. The van der Waals surface area contributed by atoms with Crippen molar-refractivity contribution in [3.05, 3.63) is 24.8 Å². The van der Waals surface area contributed by atoms with Crippen molar-refractivity contribution in [2.75, 3.05) is 6.61 Å². The van der Waals surface area contributed by atoms with Gasteiger partial charge in [0.05, 0.1) is 6.61 Å². The lowest BCUT2D eigenvalue weighted by molar-refractivity contribution is -0.147. The van der Waals surface area contributed by atoms with Crippen molar-refractivity contribution in [1.82, 2.24) is 0 Å². The number of rotatable bonds is 3. The predicted octanol–water partition coefficient (Wildman–Crippen LogP) is 1.24. The van der Waals surface area contributed by atoms with Crippen molar-refractivity contribution in [3.63, 3.8) is 0 Å². The first-order valence-electron chi connectivity index (χ1n) is 4.27. The second-order valence-electron chi connectivity index (χ2n) is 3.59. The summed E-state index contributed by atoms with van der Waals surface area (Å²) >= 11 is 0. The van der Waals surface area contributed by atoms with E-state index >= 15 is 0 Å². The van der Waals surface area contributed by atoms with Crippen molar-refractivity contribution >= 4 is 0 Å². The van der Waals surface area contributed by atoms with Gasteiger partial charge in [0.25, 0.3) is 0 Å². The molecule has 0 aromatic heterocycles. The normalized spacial score (nSPS) is 28.4. The van der Waals surface area contributed by atoms with E-state index in [1.807, 2.05) is 13.8 Å². The van der Waals surface area contributed by atoms with E-state index in [9.17, 15) is 5.11 Å². The van der Waals surface area contributed by atoms with Crippen molar-refractivity contribution in [2.45, 2.75) is 31.8 Å². The minimum atomic E-state index is -0.723. The van der Waals surface area contributed by atoms with Crippen LogP contribution < -0.4 is 0 Å². The fraction of sp³-hybridized carbons (Fsp3) is 0.600. The van der Waals surface area contributed by atoms with Gasteiger partial charge in [0.1, 0.15) is 12.2 Å². The van der Waals surface area contributed by atoms with Crippen LogP contribution in [0.2, 0.25) is 0 Å². The fourth-order valence-corrected chi connectivity index (χ4v) is 1.23. The third kappa shape index (κ3) is 2.40. The van der Waals surface area contributed by atoms with Crippen LogP contribution in [-0.4, -0.2) is 29.7 Å². The Hall–Kier alpha value is -0.640. The highest BCUT2D eigenvalue weighted by molar-refractivity contribution is 5.18. The molecule has 0 aromatic rings. The molecule has 1 rings (SSSR count). The lowest BCUT2D eigenvalue weighted by atomic mass is 10.1. The van der Waals surface area contributed by atoms with Crippen molar-refractivity contribution in [3.8, 4) is 0 Å². The quantitative estimate of drug-likeness (QED) is 0.671. The zero-order valence-corrected chi connectivity index (χ0v) is 8.12. The first-order valence-corrected chi connectivity index (χ1v) is 4.27. The largest absolute Gasteiger partial charge is 0.386 e. The molecule has 0 aromatic carbocycles. The van der Waals surface area contributed by atoms with Crippen LogP contribution >= 0.6 is 0 Å². The Morgan fingerprint density at radius 2 is 2.31 bits per heavy atom. The molecule has 1 unspecified atom stereocenters. The number of hydrogen-bond acceptors (Lipinski definition) is 3. The molecule has 1 saturated heterocycles. The number of aliphatic hydroxyl groups excluding tert-OH is 1. The van der Waals surface area contributed by atoms with Gasteiger partial charge >= 0.3 is 0 Å². The Labute approximate surface area is 78.7 Å². The Morgan fingerprint density at radius 1 is 1.69 bits per heavy atom. The molecule has 0 saturated carbocycles. The van der Waals surface area contributed by atoms with Gasteiger partial charge < -0.3 is 14.6 Å². The summed E-state index contributed by atoms with van der Waals surface area (Å²) in [5.41, 5.74) is 0.561. The van der Waals surface area contributed by atoms with E-state index in [4.69, 9.17) is 9.47 Å². The first kappa shape index (κ1) is 10.4. The summed E-state index contributed by atoms with van der Waals surface area (Å²) in [5.74, 6) is -0.604. The lowest BCUT2D eigenvalue weighted by Crippen LogP contribution is -2.31. The zero-order chi connectivity index (χ0) is 10.1. The average Bonchev–Trinajstić information content (AvgIpc) is 2.43. The molecule has 13 heavy (non-hydrogen) atoms. The predicted molar refractivity (Wildman–Crippen MR) is 50.2 cm³/mol. The van der Waals surface area contributed by atoms with Crippen LogP contribution in [0.25, 0.3) is 0 Å². The molecule has 0 aliphatic carbocycles. The van der Waals surface area contributed by atoms with Gasteiger partial charge in [-0.1, -0.05) is 19.2 Å². The second kappa shape index (κ2) is 3.62. The minimum absolute atomic E-state index is 0.333. The van der Waals surface area contributed by atoms with Gasteiger partial charge in [-0.25, -0.2) is 0 Å². The van der Waals surface area contributed by atoms with Crippen LogP contribution in [0.1, 0.15) is 13.8 Å². The highest BCUT2D eigenvalue weighted by Crippen LogP contribution is 2.26. The summed E-state index contributed by atoms with van der Waals surface area (Å²) in [4.78, 5) is 0. The lowest BCUT2D eigenvalue weighted by Gasteiger charge is -2.20. The molecule has 1 N–H and O–H groups in total. The van der Waals surface area contributed by atoms with Crippen LogP contribution in [0.15, 0.2) is 24.8 Å². The average molecular weight is 184 g/mol. The highest BCUT2D eigenvalue weighted by atomic mass is 16.7. The Kier molecular flexibility index (Phi) is 2.91. The molecular formula is C10H16O3. The summed E-state index contributed by atoms with van der Waals surface area (Å²) in [6.45, 7) is 11.2. The third-order valence-corrected chi connectivity index (χ3v) is 2.02.